The Balaban J connectivity index is 1.87. The highest BCUT2D eigenvalue weighted by Gasteiger charge is 2.31. The molecule has 3 aromatic rings. The fraction of sp³-hybridized carbons (Fsp3) is 0.379. The van der Waals surface area contributed by atoms with Gasteiger partial charge in [-0.1, -0.05) is 42.8 Å². The maximum atomic E-state index is 14.0. The Morgan fingerprint density at radius 2 is 1.83 bits per heavy atom. The van der Waals surface area contributed by atoms with E-state index < -0.39 is 31.9 Å². The molecule has 0 saturated carbocycles. The van der Waals surface area contributed by atoms with Crippen molar-refractivity contribution >= 4 is 37.6 Å². The molecule has 1 atom stereocenters. The third-order valence-electron chi connectivity index (χ3n) is 6.88. The highest BCUT2D eigenvalue weighted by atomic mass is 35.5. The van der Waals surface area contributed by atoms with Gasteiger partial charge in [-0.2, -0.15) is 12.7 Å². The molecule has 1 heterocycles. The number of carbonyl (C=O) groups is 1. The summed E-state index contributed by atoms with van der Waals surface area (Å²) in [6, 6.07) is 13.9. The lowest BCUT2D eigenvalue weighted by Crippen LogP contribution is -2.36. The Bertz CT molecular complexity index is 1580. The van der Waals surface area contributed by atoms with Crippen molar-refractivity contribution < 1.29 is 26.2 Å². The van der Waals surface area contributed by atoms with Crippen molar-refractivity contribution in [3.8, 4) is 11.1 Å². The third-order valence-corrected chi connectivity index (χ3v) is 10.2. The predicted molar refractivity (Wildman–Crippen MR) is 161 cm³/mol. The molecule has 0 saturated heterocycles. The fourth-order valence-corrected chi connectivity index (χ4v) is 7.25. The Morgan fingerprint density at radius 1 is 1.10 bits per heavy atom. The Kier molecular flexibility index (Phi) is 11.5. The molecule has 0 radical (unpaired) electrons. The van der Waals surface area contributed by atoms with Gasteiger partial charge in [-0.15, -0.1) is 0 Å². The van der Waals surface area contributed by atoms with E-state index in [0.29, 0.717) is 10.6 Å². The zero-order chi connectivity index (χ0) is 30.2. The van der Waals surface area contributed by atoms with Gasteiger partial charge in [0.25, 0.3) is 10.1 Å². The molecular formula is C29H36ClN3O6S2. The lowest BCUT2D eigenvalue weighted by molar-refractivity contribution is -0.121. The van der Waals surface area contributed by atoms with Crippen LogP contribution in [-0.2, 0) is 31.4 Å². The van der Waals surface area contributed by atoms with Crippen molar-refractivity contribution in [1.29, 1.82) is 0 Å². The number of halogens is 1. The van der Waals surface area contributed by atoms with E-state index in [2.05, 4.69) is 17.2 Å². The van der Waals surface area contributed by atoms with Crippen LogP contribution >= 0.6 is 11.6 Å². The first kappa shape index (κ1) is 32.7. The number of sulfonamides is 1. The van der Waals surface area contributed by atoms with Gasteiger partial charge in [0, 0.05) is 43.0 Å². The first-order valence-corrected chi connectivity index (χ1v) is 16.8. The van der Waals surface area contributed by atoms with E-state index in [1.807, 2.05) is 43.5 Å². The molecule has 3 rings (SSSR count). The number of nitrogens with one attached hydrogen (secondary N) is 1. The monoisotopic (exact) mass is 621 g/mol. The van der Waals surface area contributed by atoms with Gasteiger partial charge in [0.05, 0.1) is 10.6 Å². The van der Waals surface area contributed by atoms with E-state index in [4.69, 9.17) is 16.2 Å². The summed E-state index contributed by atoms with van der Waals surface area (Å²) in [6.45, 7) is 5.68. The van der Waals surface area contributed by atoms with Gasteiger partial charge in [0.15, 0.2) is 0 Å². The zero-order valence-electron chi connectivity index (χ0n) is 23.4. The van der Waals surface area contributed by atoms with Gasteiger partial charge >= 0.3 is 0 Å². The average Bonchev–Trinajstić information content (AvgIpc) is 2.94. The normalized spacial score (nSPS) is 12.8. The molecule has 0 bridgehead atoms. The molecule has 0 aliphatic carbocycles. The maximum Gasteiger partial charge on any atom is 0.264 e. The maximum absolute atomic E-state index is 14.0. The van der Waals surface area contributed by atoms with Crippen molar-refractivity contribution in [2.75, 3.05) is 18.8 Å². The second kappa shape index (κ2) is 14.4. The molecule has 2 aromatic carbocycles. The summed E-state index contributed by atoms with van der Waals surface area (Å²) < 4.78 is 60.0. The van der Waals surface area contributed by atoms with E-state index in [-0.39, 0.29) is 43.2 Å². The van der Waals surface area contributed by atoms with Crippen LogP contribution in [0.5, 0.6) is 0 Å². The summed E-state index contributed by atoms with van der Waals surface area (Å²) >= 11 is 6.28. The Labute approximate surface area is 247 Å². The number of benzene rings is 2. The number of carbonyl (C=O) groups excluding carboxylic acids is 1. The highest BCUT2D eigenvalue weighted by molar-refractivity contribution is 7.89. The Morgan fingerprint density at radius 3 is 2.54 bits per heavy atom. The lowest BCUT2D eigenvalue weighted by atomic mass is 9.97. The topological polar surface area (TPSA) is 134 Å². The third kappa shape index (κ3) is 8.83. The quantitative estimate of drug-likeness (QED) is 0.187. The predicted octanol–water partition coefficient (Wildman–Crippen LogP) is 5.20. The van der Waals surface area contributed by atoms with Crippen LogP contribution in [0.25, 0.3) is 11.1 Å². The number of hydrogen-bond donors (Lipinski definition) is 2. The van der Waals surface area contributed by atoms with Crippen LogP contribution in [0.2, 0.25) is 5.02 Å². The first-order chi connectivity index (χ1) is 19.3. The second-order valence-electron chi connectivity index (χ2n) is 9.76. The largest absolute Gasteiger partial charge is 0.356 e. The molecule has 0 spiro atoms. The SMILES string of the molecule is CCc1cnccc1-c1cccc(C(C)N(CCCC(=O)NCCCS(=O)(=O)O)S(=O)(=O)c2cccc(Cl)c2C)c1. The van der Waals surface area contributed by atoms with E-state index >= 15 is 0 Å². The molecule has 41 heavy (non-hydrogen) atoms. The molecule has 0 fully saturated rings. The minimum Gasteiger partial charge on any atom is -0.356 e. The molecule has 1 amide bonds. The smallest absolute Gasteiger partial charge is 0.264 e. The van der Waals surface area contributed by atoms with Gasteiger partial charge in [-0.05, 0) is 85.2 Å². The highest BCUT2D eigenvalue weighted by Crippen LogP contribution is 2.33. The van der Waals surface area contributed by atoms with Gasteiger partial charge in [0.2, 0.25) is 15.9 Å². The average molecular weight is 622 g/mol. The van der Waals surface area contributed by atoms with Crippen molar-refractivity contribution in [2.45, 2.75) is 57.4 Å². The molecule has 1 aromatic heterocycles. The van der Waals surface area contributed by atoms with Gasteiger partial charge in [-0.3, -0.25) is 14.3 Å². The van der Waals surface area contributed by atoms with Crippen LogP contribution in [0.1, 0.15) is 55.8 Å². The van der Waals surface area contributed by atoms with Crippen LogP contribution in [0.3, 0.4) is 0 Å². The number of hydrogen-bond acceptors (Lipinski definition) is 6. The van der Waals surface area contributed by atoms with Crippen LogP contribution in [0, 0.1) is 6.92 Å². The van der Waals surface area contributed by atoms with Crippen molar-refractivity contribution in [2.24, 2.45) is 0 Å². The summed E-state index contributed by atoms with van der Waals surface area (Å²) in [5.41, 5.74) is 4.30. The summed E-state index contributed by atoms with van der Waals surface area (Å²) in [5, 5.41) is 2.95. The van der Waals surface area contributed by atoms with Crippen LogP contribution in [0.4, 0.5) is 0 Å². The van der Waals surface area contributed by atoms with Gasteiger partial charge in [0.1, 0.15) is 0 Å². The minimum absolute atomic E-state index is 0.0378. The number of pyridine rings is 1. The van der Waals surface area contributed by atoms with Crippen molar-refractivity contribution in [1.82, 2.24) is 14.6 Å². The first-order valence-electron chi connectivity index (χ1n) is 13.4. The van der Waals surface area contributed by atoms with Crippen molar-refractivity contribution in [3.63, 3.8) is 0 Å². The van der Waals surface area contributed by atoms with Gasteiger partial charge < -0.3 is 5.32 Å². The van der Waals surface area contributed by atoms with E-state index in [9.17, 15) is 21.6 Å². The summed E-state index contributed by atoms with van der Waals surface area (Å²) in [4.78, 5) is 16.7. The second-order valence-corrected chi connectivity index (χ2v) is 13.6. The molecule has 9 nitrogen and oxygen atoms in total. The summed E-state index contributed by atoms with van der Waals surface area (Å²) in [7, 11) is -8.11. The molecule has 0 aliphatic heterocycles. The molecule has 2 N–H and O–H groups in total. The summed E-state index contributed by atoms with van der Waals surface area (Å²) in [6.07, 6.45) is 4.71. The molecular weight excluding hydrogens is 586 g/mol. The van der Waals surface area contributed by atoms with E-state index in [0.717, 1.165) is 28.7 Å². The lowest BCUT2D eigenvalue weighted by Gasteiger charge is -2.30. The minimum atomic E-state index is -4.10. The molecule has 12 heteroatoms. The zero-order valence-corrected chi connectivity index (χ0v) is 25.8. The fourth-order valence-electron chi connectivity index (χ4n) is 4.60. The van der Waals surface area contributed by atoms with Crippen LogP contribution < -0.4 is 5.32 Å². The number of nitrogens with zero attached hydrogens (tertiary/aromatic N) is 2. The molecule has 222 valence electrons. The number of aromatic nitrogens is 1. The Hall–Kier alpha value is -2.83. The van der Waals surface area contributed by atoms with Crippen LogP contribution in [-0.4, -0.2) is 55.4 Å². The van der Waals surface area contributed by atoms with Gasteiger partial charge in [-0.25, -0.2) is 8.42 Å². The number of amides is 1. The van der Waals surface area contributed by atoms with E-state index in [1.54, 1.807) is 25.3 Å². The summed E-state index contributed by atoms with van der Waals surface area (Å²) in [5.74, 6) is -0.787. The van der Waals surface area contributed by atoms with E-state index in [1.165, 1.54) is 10.4 Å². The van der Waals surface area contributed by atoms with Crippen LogP contribution in [0.15, 0.2) is 65.8 Å². The standard InChI is InChI=1S/C29H36ClN3O6S2/c1-4-23-20-31-16-14-26(23)25-10-5-9-24(19-25)22(3)33(41(38,39)28-12-6-11-27(30)21(28)2)17-7-13-29(34)32-15-8-18-40(35,36)37/h5-6,9-12,14,16,19-20,22H,4,7-8,13,15,17-18H2,1-3H3,(H,32,34)(H,35,36,37). The van der Waals surface area contributed by atoms with Crippen molar-refractivity contribution in [3.05, 3.63) is 82.6 Å². The molecule has 1 unspecified atom stereocenters. The molecule has 0 aliphatic rings. The number of rotatable bonds is 14. The number of aryl methyl sites for hydroxylation is 1.